The number of hydrazone groups is 1. The molecule has 0 aliphatic carbocycles. The van der Waals surface area contributed by atoms with Gasteiger partial charge in [0, 0.05) is 10.0 Å². The van der Waals surface area contributed by atoms with Crippen molar-refractivity contribution in [2.24, 2.45) is 10.8 Å². The van der Waals surface area contributed by atoms with Crippen molar-refractivity contribution in [3.63, 3.8) is 0 Å². The lowest BCUT2D eigenvalue weighted by Gasteiger charge is -2.12. The smallest absolute Gasteiger partial charge is 0.273 e. The van der Waals surface area contributed by atoms with Gasteiger partial charge in [0.15, 0.2) is 18.1 Å². The summed E-state index contributed by atoms with van der Waals surface area (Å²) in [6, 6.07) is 18.6. The number of amides is 3. The van der Waals surface area contributed by atoms with Gasteiger partial charge >= 0.3 is 0 Å². The number of hydrogen-bond acceptors (Lipinski definition) is 6. The van der Waals surface area contributed by atoms with Gasteiger partial charge < -0.3 is 20.5 Å². The number of primary amides is 1. The van der Waals surface area contributed by atoms with Crippen LogP contribution in [0.1, 0.15) is 33.2 Å². The predicted molar refractivity (Wildman–Crippen MR) is 136 cm³/mol. The summed E-state index contributed by atoms with van der Waals surface area (Å²) < 4.78 is 11.3. The highest BCUT2D eigenvalue weighted by Crippen LogP contribution is 2.28. The van der Waals surface area contributed by atoms with Crippen molar-refractivity contribution in [1.82, 2.24) is 5.43 Å². The number of carbonyl (C=O) groups excluding carboxylic acids is 3. The molecule has 0 radical (unpaired) electrons. The first-order valence-electron chi connectivity index (χ1n) is 10.4. The molecule has 0 saturated carbocycles. The summed E-state index contributed by atoms with van der Waals surface area (Å²) in [4.78, 5) is 36.5. The highest BCUT2D eigenvalue weighted by Gasteiger charge is 2.16. The molecule has 3 aromatic carbocycles. The minimum absolute atomic E-state index is 0.247. The largest absolute Gasteiger partial charge is 0.493 e. The first-order chi connectivity index (χ1) is 16.8. The van der Waals surface area contributed by atoms with E-state index in [0.717, 1.165) is 0 Å². The molecule has 3 rings (SSSR count). The van der Waals surface area contributed by atoms with Crippen molar-refractivity contribution in [3.05, 3.63) is 87.9 Å². The third kappa shape index (κ3) is 6.67. The fraction of sp³-hybridized carbons (Fsp3) is 0.120. The van der Waals surface area contributed by atoms with Crippen LogP contribution in [0.5, 0.6) is 11.5 Å². The molecule has 0 unspecified atom stereocenters. The van der Waals surface area contributed by atoms with Crippen LogP contribution < -0.4 is 25.9 Å². The Hall–Kier alpha value is -4.18. The number of anilines is 1. The number of carbonyl (C=O) groups is 3. The molecule has 35 heavy (non-hydrogen) atoms. The number of nitrogens with zero attached hydrogens (tertiary/aromatic N) is 1. The highest BCUT2D eigenvalue weighted by molar-refractivity contribution is 9.10. The first-order valence-corrected chi connectivity index (χ1v) is 11.2. The van der Waals surface area contributed by atoms with Crippen LogP contribution in [0.3, 0.4) is 0 Å². The van der Waals surface area contributed by atoms with E-state index in [0.29, 0.717) is 38.5 Å². The molecule has 0 atom stereocenters. The number of nitrogens with two attached hydrogens (primary N) is 1. The molecule has 180 valence electrons. The SMILES string of the molecule is COc1cc(/C(C)=N\NC(=O)c2ccccc2NC(=O)c2ccccc2Br)ccc1OCC(N)=O. The van der Waals surface area contributed by atoms with Crippen molar-refractivity contribution in [2.75, 3.05) is 19.0 Å². The maximum absolute atomic E-state index is 12.8. The van der Waals surface area contributed by atoms with Crippen LogP contribution in [-0.2, 0) is 4.79 Å². The highest BCUT2D eigenvalue weighted by atomic mass is 79.9. The van der Waals surface area contributed by atoms with Gasteiger partial charge in [-0.2, -0.15) is 5.10 Å². The van der Waals surface area contributed by atoms with Crippen LogP contribution in [0, 0.1) is 0 Å². The molecule has 0 spiro atoms. The van der Waals surface area contributed by atoms with Gasteiger partial charge in [-0.05, 0) is 65.3 Å². The molecule has 9 nitrogen and oxygen atoms in total. The maximum Gasteiger partial charge on any atom is 0.273 e. The van der Waals surface area contributed by atoms with E-state index in [1.807, 2.05) is 0 Å². The van der Waals surface area contributed by atoms with E-state index in [9.17, 15) is 14.4 Å². The summed E-state index contributed by atoms with van der Waals surface area (Å²) in [5.41, 5.74) is 9.80. The summed E-state index contributed by atoms with van der Waals surface area (Å²) >= 11 is 3.36. The van der Waals surface area contributed by atoms with Gasteiger partial charge in [0.05, 0.1) is 29.6 Å². The van der Waals surface area contributed by atoms with Crippen molar-refractivity contribution in [2.45, 2.75) is 6.92 Å². The van der Waals surface area contributed by atoms with E-state index in [2.05, 4.69) is 31.8 Å². The second-order valence-corrected chi connectivity index (χ2v) is 8.09. The lowest BCUT2D eigenvalue weighted by atomic mass is 10.1. The Morgan fingerprint density at radius 2 is 1.63 bits per heavy atom. The summed E-state index contributed by atoms with van der Waals surface area (Å²) in [6.07, 6.45) is 0. The third-order valence-corrected chi connectivity index (χ3v) is 5.51. The number of halogens is 1. The molecule has 3 amide bonds. The summed E-state index contributed by atoms with van der Waals surface area (Å²) in [5, 5.41) is 6.94. The van der Waals surface area contributed by atoms with Gasteiger partial charge in [-0.15, -0.1) is 0 Å². The molecule has 0 bridgehead atoms. The molecule has 3 aromatic rings. The lowest BCUT2D eigenvalue weighted by Crippen LogP contribution is -2.22. The molecule has 0 heterocycles. The molecule has 4 N–H and O–H groups in total. The Morgan fingerprint density at radius 3 is 2.31 bits per heavy atom. The van der Waals surface area contributed by atoms with E-state index < -0.39 is 11.8 Å². The normalized spacial score (nSPS) is 10.9. The Labute approximate surface area is 210 Å². The molecular formula is C25H23BrN4O5. The summed E-state index contributed by atoms with van der Waals surface area (Å²) in [5.74, 6) is -0.736. The number of para-hydroxylation sites is 1. The van der Waals surface area contributed by atoms with E-state index in [-0.39, 0.29) is 18.1 Å². The van der Waals surface area contributed by atoms with Crippen LogP contribution >= 0.6 is 15.9 Å². The summed E-state index contributed by atoms with van der Waals surface area (Å²) in [7, 11) is 1.46. The van der Waals surface area contributed by atoms with Gasteiger partial charge in [0.25, 0.3) is 17.7 Å². The zero-order valence-corrected chi connectivity index (χ0v) is 20.6. The Morgan fingerprint density at radius 1 is 0.943 bits per heavy atom. The van der Waals surface area contributed by atoms with Crippen LogP contribution in [0.2, 0.25) is 0 Å². The van der Waals surface area contributed by atoms with Gasteiger partial charge in [0.1, 0.15) is 0 Å². The van der Waals surface area contributed by atoms with E-state index in [4.69, 9.17) is 15.2 Å². The number of nitrogens with one attached hydrogen (secondary N) is 2. The van der Waals surface area contributed by atoms with Gasteiger partial charge in [-0.3, -0.25) is 14.4 Å². The van der Waals surface area contributed by atoms with Crippen molar-refractivity contribution < 1.29 is 23.9 Å². The van der Waals surface area contributed by atoms with Crippen LogP contribution in [-0.4, -0.2) is 37.1 Å². The average molecular weight is 539 g/mol. The van der Waals surface area contributed by atoms with Crippen molar-refractivity contribution >= 4 is 45.1 Å². The van der Waals surface area contributed by atoms with Crippen molar-refractivity contribution in [3.8, 4) is 11.5 Å². The quantitative estimate of drug-likeness (QED) is 0.282. The Bertz CT molecular complexity index is 1290. The number of methoxy groups -OCH3 is 1. The zero-order chi connectivity index (χ0) is 25.4. The van der Waals surface area contributed by atoms with Crippen molar-refractivity contribution in [1.29, 1.82) is 0 Å². The van der Waals surface area contributed by atoms with Crippen LogP contribution in [0.4, 0.5) is 5.69 Å². The van der Waals surface area contributed by atoms with E-state index in [1.165, 1.54) is 7.11 Å². The fourth-order valence-corrected chi connectivity index (χ4v) is 3.51. The summed E-state index contributed by atoms with van der Waals surface area (Å²) in [6.45, 7) is 1.43. The number of ether oxygens (including phenoxy) is 2. The molecule has 0 aliphatic heterocycles. The minimum atomic E-state index is -0.607. The monoisotopic (exact) mass is 538 g/mol. The van der Waals surface area contributed by atoms with Gasteiger partial charge in [0.2, 0.25) is 0 Å². The second kappa shape index (κ2) is 11.8. The van der Waals surface area contributed by atoms with E-state index in [1.54, 1.807) is 73.7 Å². The Balaban J connectivity index is 1.75. The van der Waals surface area contributed by atoms with Crippen LogP contribution in [0.15, 0.2) is 76.3 Å². The first kappa shape index (κ1) is 25.4. The maximum atomic E-state index is 12.8. The number of rotatable bonds is 9. The molecule has 0 fully saturated rings. The lowest BCUT2D eigenvalue weighted by molar-refractivity contribution is -0.119. The topological polar surface area (TPSA) is 132 Å². The molecular weight excluding hydrogens is 516 g/mol. The predicted octanol–water partition coefficient (Wildman–Crippen LogP) is 3.73. The Kier molecular flexibility index (Phi) is 8.58. The van der Waals surface area contributed by atoms with Crippen LogP contribution in [0.25, 0.3) is 0 Å². The molecule has 0 aromatic heterocycles. The second-order valence-electron chi connectivity index (χ2n) is 7.24. The third-order valence-electron chi connectivity index (χ3n) is 4.81. The standard InChI is InChI=1S/C25H23BrN4O5/c1-15(16-11-12-21(22(13-16)34-2)35-14-23(27)31)29-30-25(33)18-8-4-6-10-20(18)28-24(32)17-7-3-5-9-19(17)26/h3-13H,14H2,1-2H3,(H2,27,31)(H,28,32)(H,30,33)/b29-15-. The molecule has 0 saturated heterocycles. The number of benzene rings is 3. The van der Waals surface area contributed by atoms with Gasteiger partial charge in [-0.25, -0.2) is 5.43 Å². The molecule has 0 aliphatic rings. The fourth-order valence-electron chi connectivity index (χ4n) is 3.05. The minimum Gasteiger partial charge on any atom is -0.493 e. The van der Waals surface area contributed by atoms with Gasteiger partial charge in [-0.1, -0.05) is 24.3 Å². The van der Waals surface area contributed by atoms with E-state index >= 15 is 0 Å². The molecule has 10 heteroatoms. The number of hydrogen-bond donors (Lipinski definition) is 3. The zero-order valence-electron chi connectivity index (χ0n) is 19.0. The average Bonchev–Trinajstić information content (AvgIpc) is 2.86.